The number of rotatable bonds is 9. The average molecular weight is 287 g/mol. The Balaban J connectivity index is 1.60. The van der Waals surface area contributed by atoms with Gasteiger partial charge in [-0.1, -0.05) is 57.0 Å². The Hall–Kier alpha value is -0.820. The lowest BCUT2D eigenvalue weighted by Crippen LogP contribution is -2.33. The fourth-order valence-electron chi connectivity index (χ4n) is 4.02. The Morgan fingerprint density at radius 3 is 2.43 bits per heavy atom. The molecule has 0 heterocycles. The van der Waals surface area contributed by atoms with E-state index in [1.807, 2.05) is 0 Å². The van der Waals surface area contributed by atoms with E-state index in [1.165, 1.54) is 70.0 Å². The van der Waals surface area contributed by atoms with E-state index in [-0.39, 0.29) is 0 Å². The normalized spacial score (nSPS) is 17.5. The molecule has 1 nitrogen and oxygen atoms in total. The monoisotopic (exact) mass is 287 g/mol. The first kappa shape index (κ1) is 16.5. The zero-order chi connectivity index (χ0) is 15.0. The fraction of sp³-hybridized carbons (Fsp3) is 0.700. The summed E-state index contributed by atoms with van der Waals surface area (Å²) < 4.78 is 0. The lowest BCUT2D eigenvalue weighted by molar-refractivity contribution is 0.224. The van der Waals surface area contributed by atoms with Gasteiger partial charge in [0.25, 0.3) is 0 Å². The molecule has 1 aromatic carbocycles. The molecule has 1 fully saturated rings. The SMILES string of the molecule is CC(C)CC1(CNCCCCc2ccccc2)CCCC1. The summed E-state index contributed by atoms with van der Waals surface area (Å²) in [6.07, 6.45) is 11.0. The Morgan fingerprint density at radius 1 is 1.05 bits per heavy atom. The van der Waals surface area contributed by atoms with Crippen LogP contribution in [0.1, 0.15) is 64.4 Å². The lowest BCUT2D eigenvalue weighted by atomic mass is 9.78. The summed E-state index contributed by atoms with van der Waals surface area (Å²) in [5.41, 5.74) is 2.10. The number of hydrogen-bond acceptors (Lipinski definition) is 1. The van der Waals surface area contributed by atoms with Gasteiger partial charge in [0.05, 0.1) is 0 Å². The van der Waals surface area contributed by atoms with Crippen LogP contribution in [0.5, 0.6) is 0 Å². The van der Waals surface area contributed by atoms with Gasteiger partial charge >= 0.3 is 0 Å². The van der Waals surface area contributed by atoms with Gasteiger partial charge < -0.3 is 5.32 Å². The van der Waals surface area contributed by atoms with Gasteiger partial charge in [-0.25, -0.2) is 0 Å². The Bertz CT molecular complexity index is 376. The van der Waals surface area contributed by atoms with Crippen molar-refractivity contribution in [3.05, 3.63) is 35.9 Å². The highest BCUT2D eigenvalue weighted by Crippen LogP contribution is 2.42. The summed E-state index contributed by atoms with van der Waals surface area (Å²) in [4.78, 5) is 0. The third kappa shape index (κ3) is 5.82. The fourth-order valence-corrected chi connectivity index (χ4v) is 4.02. The molecule has 0 spiro atoms. The first-order chi connectivity index (χ1) is 10.2. The summed E-state index contributed by atoms with van der Waals surface area (Å²) in [7, 11) is 0. The van der Waals surface area contributed by atoms with E-state index < -0.39 is 0 Å². The van der Waals surface area contributed by atoms with E-state index in [2.05, 4.69) is 49.5 Å². The molecular formula is C20H33N. The Kier molecular flexibility index (Phi) is 6.76. The molecule has 1 saturated carbocycles. The van der Waals surface area contributed by atoms with Crippen LogP contribution in [0.3, 0.4) is 0 Å². The second-order valence-corrected chi connectivity index (χ2v) is 7.42. The highest BCUT2D eigenvalue weighted by molar-refractivity contribution is 5.14. The van der Waals surface area contributed by atoms with E-state index in [0.717, 1.165) is 5.92 Å². The van der Waals surface area contributed by atoms with Crippen molar-refractivity contribution >= 4 is 0 Å². The summed E-state index contributed by atoms with van der Waals surface area (Å²) in [5.74, 6) is 0.836. The van der Waals surface area contributed by atoms with E-state index in [9.17, 15) is 0 Å². The molecule has 1 aromatic rings. The lowest BCUT2D eigenvalue weighted by Gasteiger charge is -2.31. The van der Waals surface area contributed by atoms with E-state index >= 15 is 0 Å². The van der Waals surface area contributed by atoms with Crippen LogP contribution in [0.4, 0.5) is 0 Å². The smallest absolute Gasteiger partial charge is 0.000790 e. The van der Waals surface area contributed by atoms with E-state index in [1.54, 1.807) is 0 Å². The molecule has 1 heteroatoms. The first-order valence-corrected chi connectivity index (χ1v) is 8.95. The molecule has 0 unspecified atom stereocenters. The van der Waals surface area contributed by atoms with Crippen molar-refractivity contribution in [3.63, 3.8) is 0 Å². The third-order valence-electron chi connectivity index (χ3n) is 4.92. The van der Waals surface area contributed by atoms with Crippen LogP contribution in [0.25, 0.3) is 0 Å². The minimum Gasteiger partial charge on any atom is -0.316 e. The standard InChI is InChI=1S/C20H33N/c1-18(2)16-20(13-7-8-14-20)17-21-15-9-6-12-19-10-4-3-5-11-19/h3-5,10-11,18,21H,6-9,12-17H2,1-2H3. The molecule has 0 aromatic heterocycles. The van der Waals surface area contributed by atoms with Crippen molar-refractivity contribution in [1.29, 1.82) is 0 Å². The van der Waals surface area contributed by atoms with Crippen LogP contribution in [-0.2, 0) is 6.42 Å². The number of aryl methyl sites for hydroxylation is 1. The summed E-state index contributed by atoms with van der Waals surface area (Å²) in [5, 5.41) is 3.76. The minimum atomic E-state index is 0.619. The number of benzene rings is 1. The minimum absolute atomic E-state index is 0.619. The van der Waals surface area contributed by atoms with Crippen LogP contribution < -0.4 is 5.32 Å². The zero-order valence-corrected chi connectivity index (χ0v) is 14.0. The second kappa shape index (κ2) is 8.58. The highest BCUT2D eigenvalue weighted by Gasteiger charge is 2.33. The molecule has 0 saturated heterocycles. The van der Waals surface area contributed by atoms with Gasteiger partial charge in [0.2, 0.25) is 0 Å². The molecule has 0 amide bonds. The van der Waals surface area contributed by atoms with Gasteiger partial charge in [0, 0.05) is 6.54 Å². The molecule has 0 atom stereocenters. The summed E-state index contributed by atoms with van der Waals surface area (Å²) >= 11 is 0. The van der Waals surface area contributed by atoms with E-state index in [0.29, 0.717) is 5.41 Å². The maximum atomic E-state index is 3.76. The number of nitrogens with one attached hydrogen (secondary N) is 1. The third-order valence-corrected chi connectivity index (χ3v) is 4.92. The quantitative estimate of drug-likeness (QED) is 0.615. The maximum absolute atomic E-state index is 3.76. The van der Waals surface area contributed by atoms with Gasteiger partial charge in [0.15, 0.2) is 0 Å². The van der Waals surface area contributed by atoms with Crippen molar-refractivity contribution in [2.24, 2.45) is 11.3 Å². The second-order valence-electron chi connectivity index (χ2n) is 7.42. The molecule has 1 aliphatic carbocycles. The Morgan fingerprint density at radius 2 is 1.76 bits per heavy atom. The van der Waals surface area contributed by atoms with E-state index in [4.69, 9.17) is 0 Å². The van der Waals surface area contributed by atoms with Crippen LogP contribution in [0.2, 0.25) is 0 Å². The summed E-state index contributed by atoms with van der Waals surface area (Å²) in [6, 6.07) is 10.9. The Labute approximate surface area is 131 Å². The van der Waals surface area contributed by atoms with Crippen molar-refractivity contribution in [2.45, 2.75) is 65.2 Å². The molecule has 0 bridgehead atoms. The van der Waals surface area contributed by atoms with Gasteiger partial charge in [-0.2, -0.15) is 0 Å². The number of unbranched alkanes of at least 4 members (excludes halogenated alkanes) is 1. The predicted octanol–water partition coefficient (Wildman–Crippen LogP) is 5.21. The largest absolute Gasteiger partial charge is 0.316 e. The predicted molar refractivity (Wildman–Crippen MR) is 92.6 cm³/mol. The van der Waals surface area contributed by atoms with Crippen molar-refractivity contribution in [2.75, 3.05) is 13.1 Å². The molecule has 1 N–H and O–H groups in total. The molecular weight excluding hydrogens is 254 g/mol. The van der Waals surface area contributed by atoms with Crippen LogP contribution in [0.15, 0.2) is 30.3 Å². The van der Waals surface area contributed by atoms with Gasteiger partial charge in [0.1, 0.15) is 0 Å². The van der Waals surface area contributed by atoms with Crippen LogP contribution in [0, 0.1) is 11.3 Å². The van der Waals surface area contributed by atoms with Gasteiger partial charge in [-0.3, -0.25) is 0 Å². The average Bonchev–Trinajstić information content (AvgIpc) is 2.91. The van der Waals surface area contributed by atoms with Gasteiger partial charge in [-0.15, -0.1) is 0 Å². The number of hydrogen-bond donors (Lipinski definition) is 1. The molecule has 0 aliphatic heterocycles. The van der Waals surface area contributed by atoms with Crippen molar-refractivity contribution in [1.82, 2.24) is 5.32 Å². The molecule has 1 aliphatic rings. The molecule has 118 valence electrons. The van der Waals surface area contributed by atoms with Crippen LogP contribution >= 0.6 is 0 Å². The zero-order valence-electron chi connectivity index (χ0n) is 14.0. The molecule has 21 heavy (non-hydrogen) atoms. The van der Waals surface area contributed by atoms with Crippen molar-refractivity contribution in [3.8, 4) is 0 Å². The molecule has 0 radical (unpaired) electrons. The van der Waals surface area contributed by atoms with Crippen LogP contribution in [-0.4, -0.2) is 13.1 Å². The first-order valence-electron chi connectivity index (χ1n) is 8.95. The van der Waals surface area contributed by atoms with Crippen molar-refractivity contribution < 1.29 is 0 Å². The van der Waals surface area contributed by atoms with Gasteiger partial charge in [-0.05, 0) is 62.0 Å². The topological polar surface area (TPSA) is 12.0 Å². The molecule has 2 rings (SSSR count). The summed E-state index contributed by atoms with van der Waals surface area (Å²) in [6.45, 7) is 7.18. The maximum Gasteiger partial charge on any atom is 0.000790 e. The highest BCUT2D eigenvalue weighted by atomic mass is 14.9.